The second kappa shape index (κ2) is 10.6. The lowest BCUT2D eigenvalue weighted by Gasteiger charge is -2.30. The lowest BCUT2D eigenvalue weighted by molar-refractivity contribution is -0.121. The summed E-state index contributed by atoms with van der Waals surface area (Å²) in [4.78, 5) is 31.4. The summed E-state index contributed by atoms with van der Waals surface area (Å²) in [6.07, 6.45) is 1.39. The number of halogens is 1. The smallest absolute Gasteiger partial charge is 0.338 e. The molecule has 0 aliphatic carbocycles. The summed E-state index contributed by atoms with van der Waals surface area (Å²) in [6, 6.07) is 11.1. The van der Waals surface area contributed by atoms with Crippen molar-refractivity contribution in [1.82, 2.24) is 15.0 Å². The Balaban J connectivity index is 1.30. The lowest BCUT2D eigenvalue weighted by Crippen LogP contribution is -2.37. The van der Waals surface area contributed by atoms with E-state index in [0.717, 1.165) is 5.56 Å². The molecule has 3 aromatic rings. The number of amides is 1. The van der Waals surface area contributed by atoms with Crippen LogP contribution in [0.25, 0.3) is 11.4 Å². The number of benzene rings is 2. The summed E-state index contributed by atoms with van der Waals surface area (Å²) < 4.78 is 23.5. The van der Waals surface area contributed by atoms with Crippen LogP contribution in [0, 0.1) is 18.7 Å². The van der Waals surface area contributed by atoms with Gasteiger partial charge in [0.05, 0.1) is 18.7 Å². The first kappa shape index (κ1) is 23.6. The molecule has 0 spiro atoms. The Labute approximate surface area is 197 Å². The van der Waals surface area contributed by atoms with E-state index in [0.29, 0.717) is 67.6 Å². The minimum absolute atomic E-state index is 0.0554. The molecule has 178 valence electrons. The molecule has 8 nitrogen and oxygen atoms in total. The summed E-state index contributed by atoms with van der Waals surface area (Å²) in [7, 11) is 0. The maximum absolute atomic E-state index is 13.1. The van der Waals surface area contributed by atoms with Gasteiger partial charge in [0.25, 0.3) is 0 Å². The van der Waals surface area contributed by atoms with Crippen LogP contribution in [0.4, 0.5) is 10.1 Å². The Kier molecular flexibility index (Phi) is 7.32. The molecule has 0 atom stereocenters. The number of ether oxygens (including phenoxy) is 1. The molecule has 4 rings (SSSR count). The Morgan fingerprint density at radius 3 is 2.62 bits per heavy atom. The number of aryl methyl sites for hydroxylation is 1. The van der Waals surface area contributed by atoms with E-state index in [1.165, 1.54) is 12.1 Å². The molecular weight excluding hydrogens is 439 g/mol. The highest BCUT2D eigenvalue weighted by Gasteiger charge is 2.26. The van der Waals surface area contributed by atoms with Crippen LogP contribution in [-0.2, 0) is 16.1 Å². The average molecular weight is 467 g/mol. The molecule has 9 heteroatoms. The first-order valence-corrected chi connectivity index (χ1v) is 11.3. The van der Waals surface area contributed by atoms with Crippen molar-refractivity contribution < 1.29 is 23.2 Å². The number of rotatable bonds is 7. The average Bonchev–Trinajstić information content (AvgIpc) is 3.30. The zero-order chi connectivity index (χ0) is 24.1. The van der Waals surface area contributed by atoms with Gasteiger partial charge in [-0.15, -0.1) is 0 Å². The van der Waals surface area contributed by atoms with Gasteiger partial charge in [0.1, 0.15) is 5.82 Å². The standard InChI is InChI=1S/C25H27FN4O4/c1-3-33-25(32)19-5-4-16(2)21(14-19)27-24(31)18-10-12-30(13-11-18)15-22-28-23(29-34-22)17-6-8-20(26)9-7-17/h4-9,14,18H,3,10-13,15H2,1-2H3,(H,27,31). The van der Waals surface area contributed by atoms with Crippen molar-refractivity contribution in [2.45, 2.75) is 33.2 Å². The summed E-state index contributed by atoms with van der Waals surface area (Å²) in [5.41, 5.74) is 2.61. The Morgan fingerprint density at radius 1 is 1.18 bits per heavy atom. The molecule has 1 fully saturated rings. The number of likely N-dealkylation sites (tertiary alicyclic amines) is 1. The first-order valence-electron chi connectivity index (χ1n) is 11.3. The van der Waals surface area contributed by atoms with Crippen LogP contribution in [0.2, 0.25) is 0 Å². The summed E-state index contributed by atoms with van der Waals surface area (Å²) in [5.74, 6) is -0.00558. The van der Waals surface area contributed by atoms with Gasteiger partial charge in [-0.2, -0.15) is 4.98 Å². The third kappa shape index (κ3) is 5.66. The predicted molar refractivity (Wildman–Crippen MR) is 123 cm³/mol. The van der Waals surface area contributed by atoms with Crippen molar-refractivity contribution in [3.8, 4) is 11.4 Å². The van der Waals surface area contributed by atoms with E-state index in [2.05, 4.69) is 20.4 Å². The van der Waals surface area contributed by atoms with Crippen molar-refractivity contribution in [3.63, 3.8) is 0 Å². The number of nitrogens with one attached hydrogen (secondary N) is 1. The number of hydrogen-bond acceptors (Lipinski definition) is 7. The van der Waals surface area contributed by atoms with Crippen molar-refractivity contribution >= 4 is 17.6 Å². The van der Waals surface area contributed by atoms with Gasteiger partial charge >= 0.3 is 5.97 Å². The van der Waals surface area contributed by atoms with Gasteiger partial charge in [-0.05, 0) is 81.7 Å². The number of aromatic nitrogens is 2. The van der Waals surface area contributed by atoms with Crippen LogP contribution in [-0.4, -0.2) is 46.6 Å². The number of carbonyl (C=O) groups is 2. The second-order valence-corrected chi connectivity index (χ2v) is 8.31. The molecule has 34 heavy (non-hydrogen) atoms. The normalized spacial score (nSPS) is 14.7. The maximum Gasteiger partial charge on any atom is 0.338 e. The number of carbonyl (C=O) groups excluding carboxylic acids is 2. The van der Waals surface area contributed by atoms with E-state index in [-0.39, 0.29) is 17.6 Å². The summed E-state index contributed by atoms with van der Waals surface area (Å²) in [5, 5.41) is 6.95. The zero-order valence-electron chi connectivity index (χ0n) is 19.2. The van der Waals surface area contributed by atoms with Crippen LogP contribution in [0.15, 0.2) is 47.0 Å². The highest BCUT2D eigenvalue weighted by molar-refractivity contribution is 5.96. The molecule has 1 aliphatic heterocycles. The quantitative estimate of drug-likeness (QED) is 0.521. The third-order valence-corrected chi connectivity index (χ3v) is 5.89. The molecule has 0 radical (unpaired) electrons. The van der Waals surface area contributed by atoms with Gasteiger partial charge in [-0.3, -0.25) is 9.69 Å². The van der Waals surface area contributed by atoms with Gasteiger partial charge in [-0.25, -0.2) is 9.18 Å². The van der Waals surface area contributed by atoms with Crippen LogP contribution in [0.5, 0.6) is 0 Å². The third-order valence-electron chi connectivity index (χ3n) is 5.89. The minimum atomic E-state index is -0.407. The van der Waals surface area contributed by atoms with E-state index in [1.54, 1.807) is 37.3 Å². The van der Waals surface area contributed by atoms with Crippen molar-refractivity contribution in [2.75, 3.05) is 25.0 Å². The first-order chi connectivity index (χ1) is 16.4. The van der Waals surface area contributed by atoms with E-state index in [9.17, 15) is 14.0 Å². The van der Waals surface area contributed by atoms with Gasteiger partial charge < -0.3 is 14.6 Å². The molecular formula is C25H27FN4O4. The molecule has 1 saturated heterocycles. The molecule has 1 aliphatic rings. The van der Waals surface area contributed by atoms with E-state index in [1.807, 2.05) is 6.92 Å². The Bertz CT molecular complexity index is 1150. The molecule has 1 aromatic heterocycles. The van der Waals surface area contributed by atoms with E-state index < -0.39 is 5.97 Å². The van der Waals surface area contributed by atoms with E-state index in [4.69, 9.17) is 9.26 Å². The number of anilines is 1. The highest BCUT2D eigenvalue weighted by atomic mass is 19.1. The van der Waals surface area contributed by atoms with Gasteiger partial charge in [0.15, 0.2) is 0 Å². The molecule has 0 bridgehead atoms. The van der Waals surface area contributed by atoms with E-state index >= 15 is 0 Å². The number of hydrogen-bond donors (Lipinski definition) is 1. The summed E-state index contributed by atoms with van der Waals surface area (Å²) in [6.45, 7) is 5.86. The molecule has 0 unspecified atom stereocenters. The van der Waals surface area contributed by atoms with Crippen molar-refractivity contribution in [3.05, 3.63) is 65.3 Å². The van der Waals surface area contributed by atoms with Crippen LogP contribution >= 0.6 is 0 Å². The Hall–Kier alpha value is -3.59. The largest absolute Gasteiger partial charge is 0.462 e. The van der Waals surface area contributed by atoms with Gasteiger partial charge in [0.2, 0.25) is 17.6 Å². The fraction of sp³-hybridized carbons (Fsp3) is 0.360. The van der Waals surface area contributed by atoms with Crippen LogP contribution in [0.1, 0.15) is 41.6 Å². The SMILES string of the molecule is CCOC(=O)c1ccc(C)c(NC(=O)C2CCN(Cc3nc(-c4ccc(F)cc4)no3)CC2)c1. The van der Waals surface area contributed by atoms with Crippen molar-refractivity contribution in [1.29, 1.82) is 0 Å². The molecule has 1 N–H and O–H groups in total. The molecule has 2 heterocycles. The van der Waals surface area contributed by atoms with Crippen LogP contribution in [0.3, 0.4) is 0 Å². The maximum atomic E-state index is 13.1. The van der Waals surface area contributed by atoms with Crippen LogP contribution < -0.4 is 5.32 Å². The number of esters is 1. The highest BCUT2D eigenvalue weighted by Crippen LogP contribution is 2.24. The monoisotopic (exact) mass is 466 g/mol. The Morgan fingerprint density at radius 2 is 1.91 bits per heavy atom. The molecule has 2 aromatic carbocycles. The topological polar surface area (TPSA) is 97.6 Å². The summed E-state index contributed by atoms with van der Waals surface area (Å²) >= 11 is 0. The van der Waals surface area contributed by atoms with Crippen molar-refractivity contribution in [2.24, 2.45) is 5.92 Å². The fourth-order valence-electron chi connectivity index (χ4n) is 3.91. The minimum Gasteiger partial charge on any atom is -0.462 e. The fourth-order valence-corrected chi connectivity index (χ4v) is 3.91. The second-order valence-electron chi connectivity index (χ2n) is 8.31. The zero-order valence-corrected chi connectivity index (χ0v) is 19.2. The predicted octanol–water partition coefficient (Wildman–Crippen LogP) is 4.21. The lowest BCUT2D eigenvalue weighted by atomic mass is 9.95. The number of nitrogens with zero attached hydrogens (tertiary/aromatic N) is 3. The molecule has 1 amide bonds. The van der Waals surface area contributed by atoms with Gasteiger partial charge in [-0.1, -0.05) is 11.2 Å². The van der Waals surface area contributed by atoms with Gasteiger partial charge in [0, 0.05) is 17.2 Å². The number of piperidine rings is 1. The molecule has 0 saturated carbocycles.